The van der Waals surface area contributed by atoms with Crippen LogP contribution in [0, 0.1) is 12.7 Å². The van der Waals surface area contributed by atoms with Gasteiger partial charge >= 0.3 is 5.97 Å². The molecule has 1 fully saturated rings. The highest BCUT2D eigenvalue weighted by atomic mass is 32.1. The first-order chi connectivity index (χ1) is 14.8. The van der Waals surface area contributed by atoms with E-state index in [1.54, 1.807) is 29.5 Å². The van der Waals surface area contributed by atoms with Gasteiger partial charge in [0, 0.05) is 12.0 Å². The summed E-state index contributed by atoms with van der Waals surface area (Å²) in [5.41, 5.74) is 4.69. The van der Waals surface area contributed by atoms with Gasteiger partial charge in [0.15, 0.2) is 0 Å². The first-order valence-electron chi connectivity index (χ1n) is 10.3. The second-order valence-electron chi connectivity index (χ2n) is 8.03. The first kappa shape index (κ1) is 21.6. The molecule has 2 aromatic carbocycles. The molecule has 0 saturated heterocycles. The Kier molecular flexibility index (Phi) is 6.18. The van der Waals surface area contributed by atoms with Gasteiger partial charge in [-0.3, -0.25) is 4.79 Å². The molecule has 2 atom stereocenters. The number of benzene rings is 2. The summed E-state index contributed by atoms with van der Waals surface area (Å²) in [5.74, 6) is -0.990. The highest BCUT2D eigenvalue weighted by molar-refractivity contribution is 7.18. The van der Waals surface area contributed by atoms with Crippen LogP contribution in [0.2, 0.25) is 0 Å². The Morgan fingerprint density at radius 1 is 1.29 bits per heavy atom. The number of carbonyl (C=O) groups is 1. The van der Waals surface area contributed by atoms with Crippen molar-refractivity contribution in [1.82, 2.24) is 4.98 Å². The predicted molar refractivity (Wildman–Crippen MR) is 120 cm³/mol. The minimum atomic E-state index is -1.12. The van der Waals surface area contributed by atoms with E-state index in [2.05, 4.69) is 6.07 Å². The number of aromatic nitrogens is 1. The van der Waals surface area contributed by atoms with Crippen molar-refractivity contribution >= 4 is 33.6 Å². The Balaban J connectivity index is 1.79. The van der Waals surface area contributed by atoms with Gasteiger partial charge in [0.1, 0.15) is 5.82 Å². The fourth-order valence-corrected chi connectivity index (χ4v) is 4.77. The highest BCUT2D eigenvalue weighted by Crippen LogP contribution is 2.47. The number of hydrogen-bond acceptors (Lipinski definition) is 5. The third-order valence-electron chi connectivity index (χ3n) is 5.42. The van der Waals surface area contributed by atoms with Gasteiger partial charge in [-0.2, -0.15) is 0 Å². The Hall–Kier alpha value is -2.61. The van der Waals surface area contributed by atoms with Gasteiger partial charge in [-0.1, -0.05) is 24.3 Å². The minimum Gasteiger partial charge on any atom is -0.481 e. The van der Waals surface area contributed by atoms with Gasteiger partial charge in [0.05, 0.1) is 33.9 Å². The van der Waals surface area contributed by atoms with Crippen LogP contribution in [-0.2, 0) is 4.79 Å². The number of aliphatic carboxylic acids is 1. The Bertz CT molecular complexity index is 1130. The fraction of sp³-hybridized carbons (Fsp3) is 0.333. The molecular weight excluding hydrogens is 417 g/mol. The summed E-state index contributed by atoms with van der Waals surface area (Å²) in [7, 11) is 0. The zero-order chi connectivity index (χ0) is 22.1. The number of aliphatic hydroxyl groups excluding tert-OH is 2. The summed E-state index contributed by atoms with van der Waals surface area (Å²) in [6.07, 6.45) is 3.01. The molecule has 1 aliphatic carbocycles. The molecule has 1 heterocycles. The van der Waals surface area contributed by atoms with Crippen LogP contribution in [0.4, 0.5) is 4.39 Å². The van der Waals surface area contributed by atoms with Crippen LogP contribution in [0.5, 0.6) is 0 Å². The third kappa shape index (κ3) is 5.01. The summed E-state index contributed by atoms with van der Waals surface area (Å²) in [6.45, 7) is 1.96. The van der Waals surface area contributed by atoms with Crippen LogP contribution in [0.1, 0.15) is 47.7 Å². The normalized spacial score (nSPS) is 16.1. The maximum absolute atomic E-state index is 13.6. The molecule has 1 aliphatic rings. The summed E-state index contributed by atoms with van der Waals surface area (Å²) in [6, 6.07) is 8.49. The molecular formula is C24H24FNO4S. The molecule has 162 valence electrons. The summed E-state index contributed by atoms with van der Waals surface area (Å²) in [5, 5.41) is 29.9. The van der Waals surface area contributed by atoms with Crippen LogP contribution in [-0.4, -0.2) is 38.5 Å². The number of carboxylic acids is 1. The van der Waals surface area contributed by atoms with Crippen molar-refractivity contribution in [2.24, 2.45) is 0 Å². The number of aliphatic hydroxyl groups is 2. The van der Waals surface area contributed by atoms with Gasteiger partial charge in [0.25, 0.3) is 0 Å². The lowest BCUT2D eigenvalue weighted by Crippen LogP contribution is -2.19. The van der Waals surface area contributed by atoms with E-state index >= 15 is 0 Å². The third-order valence-corrected chi connectivity index (χ3v) is 6.34. The molecule has 4 rings (SSSR count). The fourth-order valence-electron chi connectivity index (χ4n) is 3.88. The Labute approximate surface area is 183 Å². The van der Waals surface area contributed by atoms with Crippen molar-refractivity contribution in [2.75, 3.05) is 0 Å². The van der Waals surface area contributed by atoms with Gasteiger partial charge < -0.3 is 15.3 Å². The second-order valence-corrected chi connectivity index (χ2v) is 9.26. The van der Waals surface area contributed by atoms with E-state index in [9.17, 15) is 19.4 Å². The van der Waals surface area contributed by atoms with Crippen molar-refractivity contribution in [3.05, 3.63) is 58.4 Å². The van der Waals surface area contributed by atoms with Gasteiger partial charge in [0.2, 0.25) is 0 Å². The number of aryl methyl sites for hydroxylation is 1. The zero-order valence-electron chi connectivity index (χ0n) is 17.1. The number of nitrogens with zero attached hydrogens (tertiary/aromatic N) is 1. The van der Waals surface area contributed by atoms with Crippen molar-refractivity contribution < 1.29 is 24.5 Å². The lowest BCUT2D eigenvalue weighted by atomic mass is 9.91. The van der Waals surface area contributed by atoms with Gasteiger partial charge in [-0.25, -0.2) is 9.37 Å². The summed E-state index contributed by atoms with van der Waals surface area (Å²) < 4.78 is 14.7. The zero-order valence-corrected chi connectivity index (χ0v) is 17.9. The minimum absolute atomic E-state index is 0.0640. The van der Waals surface area contributed by atoms with E-state index in [1.807, 2.05) is 13.0 Å². The first-order valence-corrected chi connectivity index (χ1v) is 11.1. The molecule has 0 spiro atoms. The van der Waals surface area contributed by atoms with E-state index in [-0.39, 0.29) is 12.2 Å². The number of halogens is 1. The van der Waals surface area contributed by atoms with Crippen molar-refractivity contribution in [3.8, 4) is 11.1 Å². The van der Waals surface area contributed by atoms with E-state index in [0.717, 1.165) is 44.8 Å². The molecule has 0 bridgehead atoms. The maximum Gasteiger partial charge on any atom is 0.305 e. The van der Waals surface area contributed by atoms with E-state index in [4.69, 9.17) is 10.1 Å². The van der Waals surface area contributed by atoms with E-state index in [1.165, 1.54) is 17.7 Å². The second kappa shape index (κ2) is 8.86. The largest absolute Gasteiger partial charge is 0.481 e. The molecule has 1 aromatic heterocycles. The molecule has 0 radical (unpaired) electrons. The molecule has 1 saturated carbocycles. The standard InChI is InChI=1S/C24H24FNO4S/c1-13-26-24-21(31-13)12-20(14-2-3-14)19(23(24)15-4-6-16(25)7-5-15)9-8-17(27)10-18(28)11-22(29)30/h4-9,12,14,17-18,27-28H,2-3,10-11H2,1H3,(H,29,30)/b9-8+/t17-,18-/m1/s1. The van der Waals surface area contributed by atoms with Crippen LogP contribution in [0.15, 0.2) is 36.4 Å². The van der Waals surface area contributed by atoms with Crippen molar-refractivity contribution in [2.45, 2.75) is 50.7 Å². The maximum atomic E-state index is 13.6. The van der Waals surface area contributed by atoms with Gasteiger partial charge in [-0.15, -0.1) is 11.3 Å². The van der Waals surface area contributed by atoms with Crippen LogP contribution >= 0.6 is 11.3 Å². The molecule has 0 aliphatic heterocycles. The van der Waals surface area contributed by atoms with Crippen LogP contribution in [0.25, 0.3) is 27.4 Å². The molecule has 7 heteroatoms. The monoisotopic (exact) mass is 441 g/mol. The van der Waals surface area contributed by atoms with E-state index < -0.39 is 24.6 Å². The number of rotatable bonds is 8. The summed E-state index contributed by atoms with van der Waals surface area (Å²) in [4.78, 5) is 15.5. The van der Waals surface area contributed by atoms with Crippen LogP contribution in [0.3, 0.4) is 0 Å². The summed E-state index contributed by atoms with van der Waals surface area (Å²) >= 11 is 1.62. The quantitative estimate of drug-likeness (QED) is 0.463. The average molecular weight is 442 g/mol. The molecule has 3 aromatic rings. The SMILES string of the molecule is Cc1nc2c(-c3ccc(F)cc3)c(/C=C/[C@@H](O)C[C@@H](O)CC(=O)O)c(C3CC3)cc2s1. The smallest absolute Gasteiger partial charge is 0.305 e. The molecule has 31 heavy (non-hydrogen) atoms. The van der Waals surface area contributed by atoms with Crippen LogP contribution < -0.4 is 0 Å². The Morgan fingerprint density at radius 2 is 2.00 bits per heavy atom. The predicted octanol–water partition coefficient (Wildman–Crippen LogP) is 4.89. The molecule has 5 nitrogen and oxygen atoms in total. The molecule has 0 amide bonds. The highest BCUT2D eigenvalue weighted by Gasteiger charge is 2.29. The van der Waals surface area contributed by atoms with Crippen molar-refractivity contribution in [1.29, 1.82) is 0 Å². The average Bonchev–Trinajstić information content (AvgIpc) is 3.46. The number of carboxylic acid groups (broad SMARTS) is 1. The number of hydrogen-bond donors (Lipinski definition) is 3. The lowest BCUT2D eigenvalue weighted by Gasteiger charge is -2.15. The van der Waals surface area contributed by atoms with E-state index in [0.29, 0.717) is 5.92 Å². The topological polar surface area (TPSA) is 90.7 Å². The molecule has 3 N–H and O–H groups in total. The number of thiazole rings is 1. The Morgan fingerprint density at radius 3 is 2.65 bits per heavy atom. The molecule has 0 unspecified atom stereocenters. The van der Waals surface area contributed by atoms with Crippen molar-refractivity contribution in [3.63, 3.8) is 0 Å². The van der Waals surface area contributed by atoms with Gasteiger partial charge in [-0.05, 0) is 60.6 Å². The lowest BCUT2D eigenvalue weighted by molar-refractivity contribution is -0.139. The number of fused-ring (bicyclic) bond motifs is 1.